The van der Waals surface area contributed by atoms with Crippen LogP contribution in [0, 0.1) is 5.82 Å². The lowest BCUT2D eigenvalue weighted by atomic mass is 9.96. The molecule has 0 saturated heterocycles. The van der Waals surface area contributed by atoms with E-state index in [-0.39, 0.29) is 11.1 Å². The number of hydrogen-bond acceptors (Lipinski definition) is 0. The Morgan fingerprint density at radius 1 is 0.667 bits per heavy atom. The summed E-state index contributed by atoms with van der Waals surface area (Å²) in [7, 11) is 0. The minimum atomic E-state index is -4.52. The maximum absolute atomic E-state index is 14.6. The van der Waals surface area contributed by atoms with Crippen molar-refractivity contribution in [2.75, 3.05) is 0 Å². The van der Waals surface area contributed by atoms with Gasteiger partial charge in [-0.1, -0.05) is 54.6 Å². The van der Waals surface area contributed by atoms with Gasteiger partial charge in [-0.15, -0.1) is 0 Å². The van der Waals surface area contributed by atoms with Crippen molar-refractivity contribution in [3.8, 4) is 11.1 Å². The van der Waals surface area contributed by atoms with Crippen molar-refractivity contribution in [3.63, 3.8) is 0 Å². The van der Waals surface area contributed by atoms with E-state index in [4.69, 9.17) is 0 Å². The van der Waals surface area contributed by atoms with Crippen LogP contribution in [0.25, 0.3) is 21.9 Å². The van der Waals surface area contributed by atoms with Gasteiger partial charge in [-0.05, 0) is 17.0 Å². The van der Waals surface area contributed by atoms with Gasteiger partial charge in [0.25, 0.3) is 0 Å². The molecule has 0 bridgehead atoms. The van der Waals surface area contributed by atoms with Gasteiger partial charge in [0.1, 0.15) is 5.82 Å². The van der Waals surface area contributed by atoms with Crippen LogP contribution in [-0.4, -0.2) is 0 Å². The van der Waals surface area contributed by atoms with Crippen molar-refractivity contribution in [1.82, 2.24) is 0 Å². The molecule has 3 aromatic carbocycles. The zero-order chi connectivity index (χ0) is 15.0. The molecule has 3 aromatic rings. The molecule has 0 fully saturated rings. The van der Waals surface area contributed by atoms with Crippen molar-refractivity contribution < 1.29 is 17.6 Å². The van der Waals surface area contributed by atoms with E-state index >= 15 is 0 Å². The van der Waals surface area contributed by atoms with Crippen molar-refractivity contribution >= 4 is 10.8 Å². The Morgan fingerprint density at radius 3 is 2.10 bits per heavy atom. The Hall–Kier alpha value is -2.36. The summed E-state index contributed by atoms with van der Waals surface area (Å²) in [6, 6.07) is 14.7. The van der Waals surface area contributed by atoms with Crippen LogP contribution in [0.1, 0.15) is 5.56 Å². The van der Waals surface area contributed by atoms with Gasteiger partial charge >= 0.3 is 6.18 Å². The SMILES string of the molecule is Fc1c(-c2ccccc2C(F)(F)F)ccc2ccccc12. The van der Waals surface area contributed by atoms with Gasteiger partial charge in [-0.25, -0.2) is 4.39 Å². The standard InChI is InChI=1S/C17H10F4/c18-16-12-6-2-1-5-11(12)9-10-14(16)13-7-3-4-8-15(13)17(19,20)21/h1-10H. The summed E-state index contributed by atoms with van der Waals surface area (Å²) in [4.78, 5) is 0. The molecule has 0 heterocycles. The minimum absolute atomic E-state index is 0.0402. The molecule has 0 N–H and O–H groups in total. The highest BCUT2D eigenvalue weighted by molar-refractivity contribution is 5.88. The molecule has 0 aliphatic heterocycles. The Bertz CT molecular complexity index is 803. The van der Waals surface area contributed by atoms with Crippen molar-refractivity contribution in [1.29, 1.82) is 0 Å². The molecule has 4 heteroatoms. The van der Waals surface area contributed by atoms with E-state index in [1.165, 1.54) is 24.3 Å². The van der Waals surface area contributed by atoms with Crippen LogP contribution < -0.4 is 0 Å². The normalized spacial score (nSPS) is 11.8. The summed E-state index contributed by atoms with van der Waals surface area (Å²) >= 11 is 0. The van der Waals surface area contributed by atoms with Gasteiger partial charge in [-0.2, -0.15) is 13.2 Å². The highest BCUT2D eigenvalue weighted by atomic mass is 19.4. The molecule has 0 unspecified atom stereocenters. The first kappa shape index (κ1) is 13.6. The fraction of sp³-hybridized carbons (Fsp3) is 0.0588. The fourth-order valence-electron chi connectivity index (χ4n) is 2.41. The molecule has 0 saturated carbocycles. The highest BCUT2D eigenvalue weighted by Crippen LogP contribution is 2.39. The number of rotatable bonds is 1. The first-order valence-corrected chi connectivity index (χ1v) is 6.32. The third-order valence-electron chi connectivity index (χ3n) is 3.39. The van der Waals surface area contributed by atoms with E-state index in [1.807, 2.05) is 0 Å². The molecule has 0 aromatic heterocycles. The van der Waals surface area contributed by atoms with Gasteiger partial charge in [0.15, 0.2) is 0 Å². The van der Waals surface area contributed by atoms with Gasteiger partial charge in [0, 0.05) is 10.9 Å². The predicted molar refractivity (Wildman–Crippen MR) is 74.3 cm³/mol. The summed E-state index contributed by atoms with van der Waals surface area (Å²) in [5.41, 5.74) is -1.02. The van der Waals surface area contributed by atoms with Crippen LogP contribution in [0.3, 0.4) is 0 Å². The van der Waals surface area contributed by atoms with E-state index in [2.05, 4.69) is 0 Å². The molecule has 0 aliphatic rings. The largest absolute Gasteiger partial charge is 0.417 e. The summed E-state index contributed by atoms with van der Waals surface area (Å²) in [6.45, 7) is 0. The molecule has 0 amide bonds. The van der Waals surface area contributed by atoms with Gasteiger partial charge < -0.3 is 0 Å². The minimum Gasteiger partial charge on any atom is -0.206 e. The maximum atomic E-state index is 14.6. The molecule has 0 nitrogen and oxygen atoms in total. The van der Waals surface area contributed by atoms with E-state index in [9.17, 15) is 17.6 Å². The van der Waals surface area contributed by atoms with Crippen molar-refractivity contribution in [3.05, 3.63) is 72.0 Å². The Balaban J connectivity index is 2.29. The lowest BCUT2D eigenvalue weighted by Crippen LogP contribution is -2.07. The first-order chi connectivity index (χ1) is 9.98. The Morgan fingerprint density at radius 2 is 1.33 bits per heavy atom. The van der Waals surface area contributed by atoms with E-state index in [1.54, 1.807) is 30.3 Å². The number of halogens is 4. The molecular weight excluding hydrogens is 280 g/mol. The van der Waals surface area contributed by atoms with E-state index in [0.29, 0.717) is 10.8 Å². The molecular formula is C17H10F4. The molecule has 0 atom stereocenters. The highest BCUT2D eigenvalue weighted by Gasteiger charge is 2.33. The summed E-state index contributed by atoms with van der Waals surface area (Å²) in [6.07, 6.45) is -4.52. The summed E-state index contributed by atoms with van der Waals surface area (Å²) in [5, 5.41) is 0.968. The first-order valence-electron chi connectivity index (χ1n) is 6.32. The second-order valence-corrected chi connectivity index (χ2v) is 4.69. The Kier molecular flexibility index (Phi) is 3.16. The summed E-state index contributed by atoms with van der Waals surface area (Å²) < 4.78 is 53.7. The third-order valence-corrected chi connectivity index (χ3v) is 3.39. The Labute approximate surface area is 118 Å². The van der Waals surface area contributed by atoms with Crippen LogP contribution in [-0.2, 0) is 6.18 Å². The molecule has 0 spiro atoms. The van der Waals surface area contributed by atoms with Gasteiger partial charge in [-0.3, -0.25) is 0 Å². The van der Waals surface area contributed by atoms with Crippen LogP contribution in [0.15, 0.2) is 60.7 Å². The second kappa shape index (κ2) is 4.88. The lowest BCUT2D eigenvalue weighted by molar-refractivity contribution is -0.137. The second-order valence-electron chi connectivity index (χ2n) is 4.69. The molecule has 0 radical (unpaired) electrons. The van der Waals surface area contributed by atoms with Gasteiger partial charge in [0.2, 0.25) is 0 Å². The molecule has 3 rings (SSSR count). The number of benzene rings is 3. The van der Waals surface area contributed by atoms with Gasteiger partial charge in [0.05, 0.1) is 5.56 Å². The fourth-order valence-corrected chi connectivity index (χ4v) is 2.41. The predicted octanol–water partition coefficient (Wildman–Crippen LogP) is 5.66. The number of hydrogen-bond donors (Lipinski definition) is 0. The topological polar surface area (TPSA) is 0 Å². The monoisotopic (exact) mass is 290 g/mol. The maximum Gasteiger partial charge on any atom is 0.417 e. The van der Waals surface area contributed by atoms with Crippen LogP contribution >= 0.6 is 0 Å². The van der Waals surface area contributed by atoms with Crippen molar-refractivity contribution in [2.45, 2.75) is 6.18 Å². The smallest absolute Gasteiger partial charge is 0.206 e. The molecule has 0 aliphatic carbocycles. The van der Waals surface area contributed by atoms with E-state index < -0.39 is 17.6 Å². The number of alkyl halides is 3. The van der Waals surface area contributed by atoms with E-state index in [0.717, 1.165) is 6.07 Å². The zero-order valence-electron chi connectivity index (χ0n) is 10.8. The zero-order valence-corrected chi connectivity index (χ0v) is 10.8. The summed E-state index contributed by atoms with van der Waals surface area (Å²) in [5.74, 6) is -0.634. The quantitative estimate of drug-likeness (QED) is 0.507. The molecule has 106 valence electrons. The molecule has 21 heavy (non-hydrogen) atoms. The van der Waals surface area contributed by atoms with Crippen LogP contribution in [0.4, 0.5) is 17.6 Å². The average molecular weight is 290 g/mol. The lowest BCUT2D eigenvalue weighted by Gasteiger charge is -2.14. The van der Waals surface area contributed by atoms with Crippen LogP contribution in [0.2, 0.25) is 0 Å². The average Bonchev–Trinajstić information content (AvgIpc) is 2.47. The van der Waals surface area contributed by atoms with Crippen molar-refractivity contribution in [2.24, 2.45) is 0 Å². The third kappa shape index (κ3) is 2.37. The van der Waals surface area contributed by atoms with Crippen LogP contribution in [0.5, 0.6) is 0 Å². The number of fused-ring (bicyclic) bond motifs is 1.